The van der Waals surface area contributed by atoms with Crippen molar-refractivity contribution in [3.05, 3.63) is 29.6 Å². The molecule has 4 heteroatoms. The van der Waals surface area contributed by atoms with E-state index in [9.17, 15) is 9.50 Å². The van der Waals surface area contributed by atoms with Crippen molar-refractivity contribution in [1.82, 2.24) is 10.2 Å². The molecule has 1 aliphatic rings. The topological polar surface area (TPSA) is 35.5 Å². The second-order valence-electron chi connectivity index (χ2n) is 4.73. The van der Waals surface area contributed by atoms with Gasteiger partial charge >= 0.3 is 0 Å². The van der Waals surface area contributed by atoms with Gasteiger partial charge in [-0.3, -0.25) is 4.90 Å². The molecule has 0 radical (unpaired) electrons. The van der Waals surface area contributed by atoms with Crippen LogP contribution in [0.15, 0.2) is 18.2 Å². The highest BCUT2D eigenvalue weighted by atomic mass is 19.1. The largest absolute Gasteiger partial charge is 0.508 e. The lowest BCUT2D eigenvalue weighted by molar-refractivity contribution is 0.156. The molecule has 0 spiro atoms. The highest BCUT2D eigenvalue weighted by Gasteiger charge is 2.23. The first-order valence-electron chi connectivity index (χ1n) is 6.04. The summed E-state index contributed by atoms with van der Waals surface area (Å²) in [6, 6.07) is 4.87. The lowest BCUT2D eigenvalue weighted by atomic mass is 10.0. The van der Waals surface area contributed by atoms with Crippen molar-refractivity contribution in [3.63, 3.8) is 0 Å². The zero-order valence-electron chi connectivity index (χ0n) is 10.3. The summed E-state index contributed by atoms with van der Waals surface area (Å²) in [6.07, 6.45) is 0. The van der Waals surface area contributed by atoms with Crippen LogP contribution in [0.4, 0.5) is 4.39 Å². The smallest absolute Gasteiger partial charge is 0.131 e. The van der Waals surface area contributed by atoms with Gasteiger partial charge in [0, 0.05) is 43.3 Å². The van der Waals surface area contributed by atoms with Gasteiger partial charge in [-0.25, -0.2) is 4.39 Å². The molecule has 17 heavy (non-hydrogen) atoms. The Morgan fingerprint density at radius 3 is 2.94 bits per heavy atom. The van der Waals surface area contributed by atoms with Crippen LogP contribution in [-0.4, -0.2) is 35.7 Å². The fourth-order valence-corrected chi connectivity index (χ4v) is 2.37. The second kappa shape index (κ2) is 5.02. The number of aromatic hydroxyl groups is 1. The van der Waals surface area contributed by atoms with Crippen LogP contribution in [0.2, 0.25) is 0 Å². The van der Waals surface area contributed by atoms with Gasteiger partial charge in [-0.1, -0.05) is 6.07 Å². The van der Waals surface area contributed by atoms with Gasteiger partial charge in [0.25, 0.3) is 0 Å². The number of nitrogens with one attached hydrogen (secondary N) is 1. The van der Waals surface area contributed by atoms with Crippen molar-refractivity contribution in [3.8, 4) is 5.75 Å². The molecule has 2 rings (SSSR count). The van der Waals surface area contributed by atoms with Gasteiger partial charge in [-0.15, -0.1) is 0 Å². The molecule has 2 unspecified atom stereocenters. The van der Waals surface area contributed by atoms with Crippen molar-refractivity contribution in [2.75, 3.05) is 19.6 Å². The van der Waals surface area contributed by atoms with E-state index in [4.69, 9.17) is 0 Å². The first kappa shape index (κ1) is 12.3. The van der Waals surface area contributed by atoms with Crippen LogP contribution in [0.25, 0.3) is 0 Å². The molecule has 1 aromatic carbocycles. The number of hydrogen-bond donors (Lipinski definition) is 2. The third-order valence-electron chi connectivity index (χ3n) is 3.38. The Hall–Kier alpha value is -1.13. The number of nitrogens with zero attached hydrogens (tertiary/aromatic N) is 1. The summed E-state index contributed by atoms with van der Waals surface area (Å²) in [7, 11) is 0. The summed E-state index contributed by atoms with van der Waals surface area (Å²) in [5.41, 5.74) is 0.650. The molecule has 1 saturated heterocycles. The minimum Gasteiger partial charge on any atom is -0.508 e. The van der Waals surface area contributed by atoms with Crippen molar-refractivity contribution in [2.45, 2.75) is 25.9 Å². The van der Waals surface area contributed by atoms with E-state index in [1.807, 2.05) is 6.92 Å². The minimum absolute atomic E-state index is 0.0212. The summed E-state index contributed by atoms with van der Waals surface area (Å²) < 4.78 is 13.8. The molecule has 3 nitrogen and oxygen atoms in total. The van der Waals surface area contributed by atoms with Crippen molar-refractivity contribution >= 4 is 0 Å². The molecule has 0 amide bonds. The van der Waals surface area contributed by atoms with Crippen LogP contribution in [-0.2, 0) is 0 Å². The van der Waals surface area contributed by atoms with E-state index >= 15 is 0 Å². The summed E-state index contributed by atoms with van der Waals surface area (Å²) in [6.45, 7) is 6.91. The van der Waals surface area contributed by atoms with E-state index in [0.717, 1.165) is 19.6 Å². The number of hydrogen-bond acceptors (Lipinski definition) is 3. The highest BCUT2D eigenvalue weighted by molar-refractivity contribution is 5.29. The van der Waals surface area contributed by atoms with E-state index in [0.29, 0.717) is 11.6 Å². The molecule has 1 aliphatic heterocycles. The first-order valence-corrected chi connectivity index (χ1v) is 6.04. The third-order valence-corrected chi connectivity index (χ3v) is 3.38. The molecule has 1 fully saturated rings. The van der Waals surface area contributed by atoms with Gasteiger partial charge in [0.1, 0.15) is 11.6 Å². The van der Waals surface area contributed by atoms with E-state index < -0.39 is 0 Å². The Kier molecular flexibility index (Phi) is 3.64. The van der Waals surface area contributed by atoms with Crippen molar-refractivity contribution < 1.29 is 9.50 Å². The molecule has 0 aliphatic carbocycles. The SMILES string of the molecule is CC1CN(C(C)c2ccc(O)cc2F)CCN1. The number of piperazine rings is 1. The Bertz CT molecular complexity index is 397. The average Bonchev–Trinajstić information content (AvgIpc) is 2.28. The number of halogens is 1. The van der Waals surface area contributed by atoms with Gasteiger partial charge in [0.2, 0.25) is 0 Å². The first-order chi connectivity index (χ1) is 8.08. The van der Waals surface area contributed by atoms with E-state index in [-0.39, 0.29) is 17.6 Å². The maximum atomic E-state index is 13.8. The highest BCUT2D eigenvalue weighted by Crippen LogP contribution is 2.26. The second-order valence-corrected chi connectivity index (χ2v) is 4.73. The molecule has 0 saturated carbocycles. The summed E-state index contributed by atoms with van der Waals surface area (Å²) in [4.78, 5) is 2.26. The van der Waals surface area contributed by atoms with Gasteiger partial charge in [0.05, 0.1) is 0 Å². The molecule has 0 aromatic heterocycles. The van der Waals surface area contributed by atoms with Crippen LogP contribution in [0, 0.1) is 5.82 Å². The molecule has 0 bridgehead atoms. The fraction of sp³-hybridized carbons (Fsp3) is 0.538. The molecule has 1 heterocycles. The van der Waals surface area contributed by atoms with Gasteiger partial charge in [-0.2, -0.15) is 0 Å². The van der Waals surface area contributed by atoms with Crippen LogP contribution >= 0.6 is 0 Å². The molecule has 2 atom stereocenters. The number of rotatable bonds is 2. The zero-order chi connectivity index (χ0) is 12.4. The van der Waals surface area contributed by atoms with Crippen LogP contribution < -0.4 is 5.32 Å². The zero-order valence-corrected chi connectivity index (χ0v) is 10.3. The molecule has 1 aromatic rings. The standard InChI is InChI=1S/C13H19FN2O/c1-9-8-16(6-5-15-9)10(2)12-4-3-11(17)7-13(12)14/h3-4,7,9-10,15,17H,5-6,8H2,1-2H3. The van der Waals surface area contributed by atoms with E-state index in [1.165, 1.54) is 6.07 Å². The predicted octanol–water partition coefficient (Wildman–Crippen LogP) is 1.89. The Morgan fingerprint density at radius 1 is 1.53 bits per heavy atom. The lowest BCUT2D eigenvalue weighted by Crippen LogP contribution is -2.49. The van der Waals surface area contributed by atoms with Crippen molar-refractivity contribution in [2.24, 2.45) is 0 Å². The number of phenolic OH excluding ortho intramolecular Hbond substituents is 1. The Morgan fingerprint density at radius 2 is 2.29 bits per heavy atom. The lowest BCUT2D eigenvalue weighted by Gasteiger charge is -2.36. The fourth-order valence-electron chi connectivity index (χ4n) is 2.37. The predicted molar refractivity (Wildman–Crippen MR) is 65.5 cm³/mol. The maximum Gasteiger partial charge on any atom is 0.131 e. The third kappa shape index (κ3) is 2.76. The van der Waals surface area contributed by atoms with Crippen molar-refractivity contribution in [1.29, 1.82) is 0 Å². The number of benzene rings is 1. The Balaban J connectivity index is 2.15. The minimum atomic E-state index is -0.330. The summed E-state index contributed by atoms with van der Waals surface area (Å²) >= 11 is 0. The van der Waals surface area contributed by atoms with Crippen LogP contribution in [0.1, 0.15) is 25.5 Å². The van der Waals surface area contributed by atoms with E-state index in [2.05, 4.69) is 17.1 Å². The maximum absolute atomic E-state index is 13.8. The van der Waals surface area contributed by atoms with Crippen LogP contribution in [0.3, 0.4) is 0 Å². The normalized spacial score (nSPS) is 23.6. The average molecular weight is 238 g/mol. The van der Waals surface area contributed by atoms with Gasteiger partial charge in [0.15, 0.2) is 0 Å². The van der Waals surface area contributed by atoms with E-state index in [1.54, 1.807) is 12.1 Å². The molecule has 2 N–H and O–H groups in total. The number of phenols is 1. The summed E-state index contributed by atoms with van der Waals surface area (Å²) in [5.74, 6) is -0.351. The monoisotopic (exact) mass is 238 g/mol. The quantitative estimate of drug-likeness (QED) is 0.826. The Labute approximate surface area is 101 Å². The molecule has 94 valence electrons. The molecular weight excluding hydrogens is 219 g/mol. The van der Waals surface area contributed by atoms with Crippen LogP contribution in [0.5, 0.6) is 5.75 Å². The van der Waals surface area contributed by atoms with Gasteiger partial charge in [-0.05, 0) is 19.9 Å². The summed E-state index contributed by atoms with van der Waals surface area (Å²) in [5, 5.41) is 12.6. The molecular formula is C13H19FN2O. The van der Waals surface area contributed by atoms with Gasteiger partial charge < -0.3 is 10.4 Å².